The lowest BCUT2D eigenvalue weighted by molar-refractivity contribution is -0.137. The molecule has 1 aromatic carbocycles. The van der Waals surface area contributed by atoms with Gasteiger partial charge in [0.1, 0.15) is 5.75 Å². The highest BCUT2D eigenvalue weighted by molar-refractivity contribution is 5.69. The second kappa shape index (κ2) is 8.27. The van der Waals surface area contributed by atoms with Crippen molar-refractivity contribution in [1.29, 1.82) is 0 Å². The quantitative estimate of drug-likeness (QED) is 0.768. The van der Waals surface area contributed by atoms with Crippen molar-refractivity contribution < 1.29 is 14.6 Å². The second-order valence-corrected chi connectivity index (χ2v) is 4.83. The predicted octanol–water partition coefficient (Wildman–Crippen LogP) is 3.84. The fraction of sp³-hybridized carbons (Fsp3) is 0.471. The van der Waals surface area contributed by atoms with Crippen LogP contribution in [0, 0.1) is 11.8 Å². The number of hydrogen-bond acceptors (Lipinski definition) is 2. The van der Waals surface area contributed by atoms with Crippen molar-refractivity contribution in [1.82, 2.24) is 0 Å². The van der Waals surface area contributed by atoms with E-state index in [9.17, 15) is 4.79 Å². The first-order valence-corrected chi connectivity index (χ1v) is 6.97. The number of carboxylic acids is 1. The van der Waals surface area contributed by atoms with Crippen LogP contribution in [0.25, 0.3) is 0 Å². The highest BCUT2D eigenvalue weighted by atomic mass is 16.5. The fourth-order valence-electron chi connectivity index (χ4n) is 2.08. The smallest absolute Gasteiger partial charge is 0.304 e. The summed E-state index contributed by atoms with van der Waals surface area (Å²) in [6.07, 6.45) is 2.32. The number of rotatable bonds is 7. The maximum atomic E-state index is 10.8. The van der Waals surface area contributed by atoms with E-state index in [-0.39, 0.29) is 18.4 Å². The van der Waals surface area contributed by atoms with Gasteiger partial charge >= 0.3 is 5.97 Å². The summed E-state index contributed by atoms with van der Waals surface area (Å²) in [7, 11) is 0. The zero-order valence-electron chi connectivity index (χ0n) is 12.3. The normalized spacial score (nSPS) is 12.9. The summed E-state index contributed by atoms with van der Waals surface area (Å²) in [6, 6.07) is 7.55. The Balaban J connectivity index is 2.76. The lowest BCUT2D eigenvalue weighted by Gasteiger charge is -2.15. The Hall–Kier alpha value is -1.95. The van der Waals surface area contributed by atoms with Crippen molar-refractivity contribution in [3.8, 4) is 17.6 Å². The summed E-state index contributed by atoms with van der Waals surface area (Å²) < 4.78 is 5.78. The summed E-state index contributed by atoms with van der Waals surface area (Å²) in [5, 5.41) is 8.91. The average molecular weight is 274 g/mol. The molecular weight excluding hydrogens is 252 g/mol. The van der Waals surface area contributed by atoms with Gasteiger partial charge in [0.2, 0.25) is 0 Å². The molecule has 2 unspecified atom stereocenters. The first kappa shape index (κ1) is 16.1. The van der Waals surface area contributed by atoms with Gasteiger partial charge in [0, 0.05) is 0 Å². The standard InChI is InChI=1S/C17H22O3/c1-4-6-13(3)20-16-10-8-14(9-11-16)15(7-5-2)12-17(18)19/h8-11,13,15H,4,6,12H2,1-3H3,(H,18,19). The molecule has 0 saturated carbocycles. The molecule has 0 radical (unpaired) electrons. The minimum Gasteiger partial charge on any atom is -0.491 e. The van der Waals surface area contributed by atoms with Gasteiger partial charge in [0.05, 0.1) is 18.4 Å². The van der Waals surface area contributed by atoms with Crippen LogP contribution in [0.5, 0.6) is 5.75 Å². The van der Waals surface area contributed by atoms with E-state index < -0.39 is 5.97 Å². The summed E-state index contributed by atoms with van der Waals surface area (Å²) in [5.41, 5.74) is 0.914. The van der Waals surface area contributed by atoms with Crippen LogP contribution in [0.1, 0.15) is 51.5 Å². The maximum Gasteiger partial charge on any atom is 0.304 e. The topological polar surface area (TPSA) is 46.5 Å². The summed E-state index contributed by atoms with van der Waals surface area (Å²) in [5.74, 6) is 5.44. The minimum atomic E-state index is -0.838. The molecule has 1 rings (SSSR count). The summed E-state index contributed by atoms with van der Waals surface area (Å²) >= 11 is 0. The molecule has 0 aromatic heterocycles. The molecule has 0 aliphatic heterocycles. The van der Waals surface area contributed by atoms with E-state index in [2.05, 4.69) is 18.8 Å². The molecule has 0 aliphatic rings. The van der Waals surface area contributed by atoms with Gasteiger partial charge in [0.25, 0.3) is 0 Å². The van der Waals surface area contributed by atoms with Gasteiger partial charge in [0.15, 0.2) is 0 Å². The highest BCUT2D eigenvalue weighted by Crippen LogP contribution is 2.23. The van der Waals surface area contributed by atoms with Gasteiger partial charge in [-0.05, 0) is 38.0 Å². The van der Waals surface area contributed by atoms with Gasteiger partial charge in [-0.2, -0.15) is 0 Å². The number of benzene rings is 1. The molecule has 0 aliphatic carbocycles. The largest absolute Gasteiger partial charge is 0.491 e. The van der Waals surface area contributed by atoms with Crippen LogP contribution in [0.15, 0.2) is 24.3 Å². The first-order valence-electron chi connectivity index (χ1n) is 6.97. The Morgan fingerprint density at radius 2 is 2.00 bits per heavy atom. The van der Waals surface area contributed by atoms with E-state index in [1.54, 1.807) is 6.92 Å². The first-order chi connectivity index (χ1) is 9.56. The third-order valence-corrected chi connectivity index (χ3v) is 3.01. The Kier molecular flexibility index (Phi) is 6.66. The monoisotopic (exact) mass is 274 g/mol. The third kappa shape index (κ3) is 5.36. The Morgan fingerprint density at radius 1 is 1.35 bits per heavy atom. The van der Waals surface area contributed by atoms with E-state index in [0.717, 1.165) is 24.2 Å². The van der Waals surface area contributed by atoms with Crippen molar-refractivity contribution in [2.75, 3.05) is 0 Å². The molecule has 20 heavy (non-hydrogen) atoms. The van der Waals surface area contributed by atoms with Crippen molar-refractivity contribution in [3.63, 3.8) is 0 Å². The Morgan fingerprint density at radius 3 is 2.50 bits per heavy atom. The van der Waals surface area contributed by atoms with Gasteiger partial charge in [-0.3, -0.25) is 4.79 Å². The van der Waals surface area contributed by atoms with Crippen LogP contribution < -0.4 is 4.74 Å². The Labute approximate surface area is 121 Å². The predicted molar refractivity (Wildman–Crippen MR) is 79.9 cm³/mol. The van der Waals surface area contributed by atoms with E-state index in [0.29, 0.717) is 0 Å². The lowest BCUT2D eigenvalue weighted by atomic mass is 9.96. The van der Waals surface area contributed by atoms with Gasteiger partial charge in [-0.25, -0.2) is 0 Å². The van der Waals surface area contributed by atoms with E-state index in [1.807, 2.05) is 31.2 Å². The van der Waals surface area contributed by atoms with Crippen LogP contribution >= 0.6 is 0 Å². The van der Waals surface area contributed by atoms with Gasteiger partial charge in [-0.15, -0.1) is 5.92 Å². The molecule has 0 bridgehead atoms. The summed E-state index contributed by atoms with van der Waals surface area (Å²) in [4.78, 5) is 10.8. The molecule has 0 amide bonds. The van der Waals surface area contributed by atoms with Gasteiger partial charge in [-0.1, -0.05) is 31.4 Å². The lowest BCUT2D eigenvalue weighted by Crippen LogP contribution is -2.11. The second-order valence-electron chi connectivity index (χ2n) is 4.83. The molecule has 2 atom stereocenters. The van der Waals surface area contributed by atoms with Crippen LogP contribution in [0.2, 0.25) is 0 Å². The Bertz CT molecular complexity index is 479. The van der Waals surface area contributed by atoms with Crippen molar-refractivity contribution in [2.24, 2.45) is 0 Å². The average Bonchev–Trinajstić information content (AvgIpc) is 2.39. The van der Waals surface area contributed by atoms with E-state index in [1.165, 1.54) is 0 Å². The number of hydrogen-bond donors (Lipinski definition) is 1. The van der Waals surface area contributed by atoms with Crippen LogP contribution in [-0.4, -0.2) is 17.2 Å². The van der Waals surface area contributed by atoms with Crippen LogP contribution in [0.4, 0.5) is 0 Å². The molecule has 3 nitrogen and oxygen atoms in total. The molecule has 3 heteroatoms. The van der Waals surface area contributed by atoms with E-state index in [4.69, 9.17) is 9.84 Å². The van der Waals surface area contributed by atoms with E-state index >= 15 is 0 Å². The molecular formula is C17H22O3. The van der Waals surface area contributed by atoms with Crippen LogP contribution in [-0.2, 0) is 4.79 Å². The SMILES string of the molecule is CC#CC(CC(=O)O)c1ccc(OC(C)CCC)cc1. The molecule has 0 saturated heterocycles. The van der Waals surface area contributed by atoms with Gasteiger partial charge < -0.3 is 9.84 Å². The zero-order chi connectivity index (χ0) is 15.0. The van der Waals surface area contributed by atoms with Crippen molar-refractivity contribution in [2.45, 2.75) is 52.1 Å². The highest BCUT2D eigenvalue weighted by Gasteiger charge is 2.13. The molecule has 1 aromatic rings. The minimum absolute atomic E-state index is 0.0211. The van der Waals surface area contributed by atoms with Crippen molar-refractivity contribution >= 4 is 5.97 Å². The molecule has 108 valence electrons. The number of carboxylic acid groups (broad SMARTS) is 1. The maximum absolute atomic E-state index is 10.8. The van der Waals surface area contributed by atoms with Crippen LogP contribution in [0.3, 0.4) is 0 Å². The molecule has 0 spiro atoms. The fourth-order valence-corrected chi connectivity index (χ4v) is 2.08. The number of aliphatic carboxylic acids is 1. The molecule has 0 heterocycles. The number of carbonyl (C=O) groups is 1. The van der Waals surface area contributed by atoms with Crippen molar-refractivity contribution in [3.05, 3.63) is 29.8 Å². The molecule has 0 fully saturated rings. The summed E-state index contributed by atoms with van der Waals surface area (Å²) in [6.45, 7) is 5.90. The molecule has 1 N–H and O–H groups in total. The number of ether oxygens (including phenoxy) is 1. The third-order valence-electron chi connectivity index (χ3n) is 3.01. The zero-order valence-corrected chi connectivity index (χ0v) is 12.3.